The third-order valence-electron chi connectivity index (χ3n) is 4.03. The minimum Gasteiger partial charge on any atom is -0.445 e. The highest BCUT2D eigenvalue weighted by molar-refractivity contribution is 5.67. The third kappa shape index (κ3) is 6.04. The molecule has 0 aliphatic carbocycles. The quantitative estimate of drug-likeness (QED) is 0.735. The predicted molar refractivity (Wildman–Crippen MR) is 84.6 cm³/mol. The molecule has 1 aromatic carbocycles. The van der Waals surface area contributed by atoms with E-state index in [0.29, 0.717) is 38.2 Å². The molecular formula is C17H20F3N2O3. The van der Waals surface area contributed by atoms with Crippen LogP contribution in [0.2, 0.25) is 0 Å². The summed E-state index contributed by atoms with van der Waals surface area (Å²) in [6, 6.07) is 4.55. The van der Waals surface area contributed by atoms with Crippen molar-refractivity contribution in [3.63, 3.8) is 0 Å². The maximum Gasteiger partial charge on any atom is 0.416 e. The van der Waals surface area contributed by atoms with E-state index in [2.05, 4.69) is 4.90 Å². The Morgan fingerprint density at radius 3 is 2.32 bits per heavy atom. The van der Waals surface area contributed by atoms with Crippen LogP contribution in [0.3, 0.4) is 0 Å². The lowest BCUT2D eigenvalue weighted by Gasteiger charge is -2.33. The monoisotopic (exact) mass is 357 g/mol. The van der Waals surface area contributed by atoms with Crippen molar-refractivity contribution in [3.05, 3.63) is 35.4 Å². The lowest BCUT2D eigenvalue weighted by Crippen LogP contribution is -2.48. The number of amides is 1. The highest BCUT2D eigenvalue weighted by Crippen LogP contribution is 2.29. The number of halogens is 3. The molecule has 1 amide bonds. The van der Waals surface area contributed by atoms with Gasteiger partial charge in [0.15, 0.2) is 6.29 Å². The fraction of sp³-hybridized carbons (Fsp3) is 0.529. The second kappa shape index (κ2) is 8.84. The second-order valence-corrected chi connectivity index (χ2v) is 5.83. The molecule has 1 aromatic rings. The van der Waals surface area contributed by atoms with E-state index in [9.17, 15) is 22.8 Å². The fourth-order valence-corrected chi connectivity index (χ4v) is 2.56. The zero-order chi connectivity index (χ0) is 18.3. The van der Waals surface area contributed by atoms with Crippen molar-refractivity contribution in [3.8, 4) is 0 Å². The number of carbonyl (C=O) groups excluding carboxylic acids is 2. The van der Waals surface area contributed by atoms with Crippen molar-refractivity contribution in [1.29, 1.82) is 0 Å². The van der Waals surface area contributed by atoms with E-state index >= 15 is 0 Å². The summed E-state index contributed by atoms with van der Waals surface area (Å²) in [5, 5.41) is 0. The molecule has 2 rings (SSSR count). The van der Waals surface area contributed by atoms with Gasteiger partial charge in [-0.3, -0.25) is 9.69 Å². The van der Waals surface area contributed by atoms with Crippen LogP contribution in [0.1, 0.15) is 24.0 Å². The van der Waals surface area contributed by atoms with Gasteiger partial charge in [-0.15, -0.1) is 0 Å². The largest absolute Gasteiger partial charge is 0.445 e. The molecule has 8 heteroatoms. The van der Waals surface area contributed by atoms with Crippen molar-refractivity contribution in [2.24, 2.45) is 0 Å². The number of hydrogen-bond donors (Lipinski definition) is 0. The van der Waals surface area contributed by atoms with Gasteiger partial charge >= 0.3 is 12.3 Å². The van der Waals surface area contributed by atoms with Gasteiger partial charge in [0.25, 0.3) is 0 Å². The van der Waals surface area contributed by atoms with Crippen LogP contribution >= 0.6 is 0 Å². The van der Waals surface area contributed by atoms with E-state index < -0.39 is 17.8 Å². The van der Waals surface area contributed by atoms with Crippen LogP contribution in [0.25, 0.3) is 0 Å². The topological polar surface area (TPSA) is 49.9 Å². The maximum atomic E-state index is 12.5. The molecule has 1 aliphatic rings. The van der Waals surface area contributed by atoms with E-state index in [1.165, 1.54) is 12.1 Å². The van der Waals surface area contributed by atoms with Gasteiger partial charge in [0.1, 0.15) is 6.61 Å². The number of rotatable bonds is 6. The Hall–Kier alpha value is -2.09. The molecule has 0 unspecified atom stereocenters. The molecule has 5 nitrogen and oxygen atoms in total. The average Bonchev–Trinajstić information content (AvgIpc) is 2.60. The maximum absolute atomic E-state index is 12.5. The second-order valence-electron chi connectivity index (χ2n) is 5.83. The van der Waals surface area contributed by atoms with Gasteiger partial charge < -0.3 is 9.64 Å². The normalized spacial score (nSPS) is 15.9. The smallest absolute Gasteiger partial charge is 0.416 e. The fourth-order valence-electron chi connectivity index (χ4n) is 2.56. The van der Waals surface area contributed by atoms with Crippen molar-refractivity contribution in [2.75, 3.05) is 32.7 Å². The summed E-state index contributed by atoms with van der Waals surface area (Å²) in [5.74, 6) is 0. The van der Waals surface area contributed by atoms with E-state index in [1.54, 1.807) is 4.90 Å². The van der Waals surface area contributed by atoms with E-state index in [-0.39, 0.29) is 6.61 Å². The lowest BCUT2D eigenvalue weighted by atomic mass is 10.1. The molecule has 0 atom stereocenters. The number of ether oxygens (including phenoxy) is 1. The molecule has 0 bridgehead atoms. The van der Waals surface area contributed by atoms with Crippen LogP contribution < -0.4 is 0 Å². The van der Waals surface area contributed by atoms with E-state index in [1.807, 2.05) is 6.29 Å². The molecule has 1 fully saturated rings. The Bertz CT molecular complexity index is 567. The Kier molecular flexibility index (Phi) is 6.81. The van der Waals surface area contributed by atoms with Crippen molar-refractivity contribution in [2.45, 2.75) is 25.6 Å². The summed E-state index contributed by atoms with van der Waals surface area (Å²) in [5.41, 5.74) is -0.226. The van der Waals surface area contributed by atoms with Crippen LogP contribution in [0.4, 0.5) is 18.0 Å². The van der Waals surface area contributed by atoms with Crippen molar-refractivity contribution < 1.29 is 27.5 Å². The van der Waals surface area contributed by atoms with Gasteiger partial charge in [-0.1, -0.05) is 12.1 Å². The molecule has 0 aromatic heterocycles. The molecule has 1 radical (unpaired) electrons. The molecule has 0 N–H and O–H groups in total. The third-order valence-corrected chi connectivity index (χ3v) is 4.03. The van der Waals surface area contributed by atoms with Gasteiger partial charge in [-0.2, -0.15) is 13.2 Å². The standard InChI is InChI=1S/C17H20F3N2O3/c18-17(19,20)15-5-3-14(4-6-15)13-25-16(24)22-10-8-21(9-11-22)7-1-2-12-23/h3-6H,1-2,7-11,13H2. The van der Waals surface area contributed by atoms with Crippen LogP contribution in [-0.4, -0.2) is 54.9 Å². The Morgan fingerprint density at radius 2 is 1.76 bits per heavy atom. The van der Waals surface area contributed by atoms with Crippen molar-refractivity contribution >= 4 is 12.4 Å². The van der Waals surface area contributed by atoms with E-state index in [0.717, 1.165) is 25.1 Å². The van der Waals surface area contributed by atoms with Gasteiger partial charge in [0.05, 0.1) is 5.56 Å². The van der Waals surface area contributed by atoms with E-state index in [4.69, 9.17) is 4.74 Å². The molecule has 0 spiro atoms. The number of benzene rings is 1. The SMILES string of the molecule is O=[C]CCCN1CCN(C(=O)OCc2ccc(C(F)(F)F)cc2)CC1. The zero-order valence-electron chi connectivity index (χ0n) is 13.7. The molecule has 1 saturated heterocycles. The molecule has 137 valence electrons. The molecule has 0 saturated carbocycles. The van der Waals surface area contributed by atoms with Gasteiger partial charge in [0, 0.05) is 32.6 Å². The summed E-state index contributed by atoms with van der Waals surface area (Å²) in [4.78, 5) is 25.9. The van der Waals surface area contributed by atoms with Gasteiger partial charge in [-0.05, 0) is 30.7 Å². The minimum absolute atomic E-state index is 0.0631. The summed E-state index contributed by atoms with van der Waals surface area (Å²) in [7, 11) is 0. The summed E-state index contributed by atoms with van der Waals surface area (Å²) in [6.07, 6.45) is -1.83. The first kappa shape index (κ1) is 19.2. The zero-order valence-corrected chi connectivity index (χ0v) is 13.7. The highest BCUT2D eigenvalue weighted by atomic mass is 19.4. The van der Waals surface area contributed by atoms with Crippen LogP contribution in [-0.2, 0) is 22.3 Å². The minimum atomic E-state index is -4.38. The number of piperazine rings is 1. The number of hydrogen-bond acceptors (Lipinski definition) is 4. The van der Waals surface area contributed by atoms with Crippen LogP contribution in [0, 0.1) is 0 Å². The summed E-state index contributed by atoms with van der Waals surface area (Å²) >= 11 is 0. The first-order valence-corrected chi connectivity index (χ1v) is 8.05. The Balaban J connectivity index is 1.73. The number of alkyl halides is 3. The van der Waals surface area contributed by atoms with Gasteiger partial charge in [0.2, 0.25) is 0 Å². The number of nitrogens with zero attached hydrogens (tertiary/aromatic N) is 2. The van der Waals surface area contributed by atoms with Crippen molar-refractivity contribution in [1.82, 2.24) is 9.80 Å². The van der Waals surface area contributed by atoms with Gasteiger partial charge in [-0.25, -0.2) is 4.79 Å². The summed E-state index contributed by atoms with van der Waals surface area (Å²) < 4.78 is 42.6. The molecule has 1 aliphatic heterocycles. The Labute approximate surface area is 144 Å². The Morgan fingerprint density at radius 1 is 1.12 bits per heavy atom. The number of carbonyl (C=O) groups is 1. The molecule has 1 heterocycles. The first-order valence-electron chi connectivity index (χ1n) is 8.05. The molecular weight excluding hydrogens is 337 g/mol. The molecule has 25 heavy (non-hydrogen) atoms. The lowest BCUT2D eigenvalue weighted by molar-refractivity contribution is -0.137. The first-order chi connectivity index (χ1) is 11.9. The van der Waals surface area contributed by atoms with Crippen LogP contribution in [0.5, 0.6) is 0 Å². The summed E-state index contributed by atoms with van der Waals surface area (Å²) in [6.45, 7) is 3.19. The predicted octanol–water partition coefficient (Wildman–Crippen LogP) is 2.85. The van der Waals surface area contributed by atoms with Crippen LogP contribution in [0.15, 0.2) is 24.3 Å². The number of unbranched alkanes of at least 4 members (excludes halogenated alkanes) is 1. The average molecular weight is 357 g/mol. The highest BCUT2D eigenvalue weighted by Gasteiger charge is 2.30.